The van der Waals surface area contributed by atoms with Gasteiger partial charge in [-0.15, -0.1) is 0 Å². The number of benzene rings is 2. The Balaban J connectivity index is 1.47. The van der Waals surface area contributed by atoms with Crippen molar-refractivity contribution in [2.24, 2.45) is 7.05 Å². The third kappa shape index (κ3) is 4.12. The predicted octanol–water partition coefficient (Wildman–Crippen LogP) is 2.92. The van der Waals surface area contributed by atoms with E-state index in [1.807, 2.05) is 60.3 Å². The van der Waals surface area contributed by atoms with Crippen LogP contribution < -0.4 is 14.8 Å². The number of hydrogen-bond acceptors (Lipinski definition) is 3. The molecule has 0 unspecified atom stereocenters. The van der Waals surface area contributed by atoms with Gasteiger partial charge in [-0.25, -0.2) is 0 Å². The standard InChI is InChI=1S/C20H22N2O3/c1-22-14-15(18-5-3-4-6-19(18)22)13-20(23)21-11-12-25-17-9-7-16(24-2)8-10-17/h3-10,14H,11-13H2,1-2H3,(H,21,23). The molecule has 0 aliphatic rings. The molecule has 5 heteroatoms. The first kappa shape index (κ1) is 16.9. The lowest BCUT2D eigenvalue weighted by molar-refractivity contribution is -0.120. The quantitative estimate of drug-likeness (QED) is 0.674. The van der Waals surface area contributed by atoms with Gasteiger partial charge in [-0.05, 0) is 35.9 Å². The highest BCUT2D eigenvalue weighted by Gasteiger charge is 2.10. The number of hydrogen-bond donors (Lipinski definition) is 1. The third-order valence-corrected chi connectivity index (χ3v) is 4.08. The number of ether oxygens (including phenoxy) is 2. The molecule has 0 atom stereocenters. The summed E-state index contributed by atoms with van der Waals surface area (Å²) in [6.07, 6.45) is 2.38. The van der Waals surface area contributed by atoms with E-state index in [0.717, 1.165) is 28.0 Å². The number of rotatable bonds is 7. The summed E-state index contributed by atoms with van der Waals surface area (Å²) < 4.78 is 12.8. The molecule has 1 amide bonds. The maximum atomic E-state index is 12.2. The Bertz CT molecular complexity index is 853. The van der Waals surface area contributed by atoms with E-state index < -0.39 is 0 Å². The van der Waals surface area contributed by atoms with Crippen molar-refractivity contribution in [2.75, 3.05) is 20.3 Å². The van der Waals surface area contributed by atoms with Crippen molar-refractivity contribution in [1.29, 1.82) is 0 Å². The molecular weight excluding hydrogens is 316 g/mol. The Morgan fingerprint density at radius 3 is 2.56 bits per heavy atom. The van der Waals surface area contributed by atoms with Gasteiger partial charge in [0.15, 0.2) is 0 Å². The van der Waals surface area contributed by atoms with E-state index >= 15 is 0 Å². The van der Waals surface area contributed by atoms with Gasteiger partial charge in [0.1, 0.15) is 18.1 Å². The van der Waals surface area contributed by atoms with Gasteiger partial charge in [-0.2, -0.15) is 0 Å². The van der Waals surface area contributed by atoms with Crippen molar-refractivity contribution in [3.8, 4) is 11.5 Å². The number of fused-ring (bicyclic) bond motifs is 1. The van der Waals surface area contributed by atoms with Crippen molar-refractivity contribution in [1.82, 2.24) is 9.88 Å². The number of nitrogens with one attached hydrogen (secondary N) is 1. The molecule has 0 spiro atoms. The van der Waals surface area contributed by atoms with E-state index in [2.05, 4.69) is 11.4 Å². The van der Waals surface area contributed by atoms with Crippen molar-refractivity contribution in [3.05, 3.63) is 60.3 Å². The molecule has 1 heterocycles. The topological polar surface area (TPSA) is 52.5 Å². The van der Waals surface area contributed by atoms with Gasteiger partial charge in [0, 0.05) is 24.1 Å². The van der Waals surface area contributed by atoms with E-state index in [0.29, 0.717) is 19.6 Å². The highest BCUT2D eigenvalue weighted by atomic mass is 16.5. The minimum absolute atomic E-state index is 0.00492. The second-order valence-corrected chi connectivity index (χ2v) is 5.83. The third-order valence-electron chi connectivity index (χ3n) is 4.08. The van der Waals surface area contributed by atoms with Crippen LogP contribution in [0.4, 0.5) is 0 Å². The molecule has 0 saturated heterocycles. The van der Waals surface area contributed by atoms with Crippen LogP contribution in [0.2, 0.25) is 0 Å². The number of methoxy groups -OCH3 is 1. The molecule has 0 radical (unpaired) electrons. The SMILES string of the molecule is COc1ccc(OCCNC(=O)Cc2cn(C)c3ccccc23)cc1. The summed E-state index contributed by atoms with van der Waals surface area (Å²) in [6, 6.07) is 15.5. The van der Waals surface area contributed by atoms with Gasteiger partial charge < -0.3 is 19.4 Å². The molecule has 3 aromatic rings. The summed E-state index contributed by atoms with van der Waals surface area (Å²) in [5.41, 5.74) is 2.17. The summed E-state index contributed by atoms with van der Waals surface area (Å²) in [4.78, 5) is 12.2. The van der Waals surface area contributed by atoms with Crippen LogP contribution in [0.3, 0.4) is 0 Å². The first-order valence-corrected chi connectivity index (χ1v) is 8.24. The Labute approximate surface area is 147 Å². The summed E-state index contributed by atoms with van der Waals surface area (Å²) in [7, 11) is 3.62. The van der Waals surface area contributed by atoms with E-state index in [4.69, 9.17) is 9.47 Å². The van der Waals surface area contributed by atoms with Crippen LogP contribution in [0.25, 0.3) is 10.9 Å². The Morgan fingerprint density at radius 2 is 1.80 bits per heavy atom. The number of aryl methyl sites for hydroxylation is 1. The molecule has 1 N–H and O–H groups in total. The van der Waals surface area contributed by atoms with E-state index in [-0.39, 0.29) is 5.91 Å². The molecule has 0 aliphatic heterocycles. The molecule has 0 fully saturated rings. The average molecular weight is 338 g/mol. The minimum atomic E-state index is -0.00492. The molecular formula is C20H22N2O3. The predicted molar refractivity (Wildman–Crippen MR) is 98.1 cm³/mol. The monoisotopic (exact) mass is 338 g/mol. The minimum Gasteiger partial charge on any atom is -0.497 e. The fourth-order valence-electron chi connectivity index (χ4n) is 2.83. The van der Waals surface area contributed by atoms with E-state index in [1.54, 1.807) is 7.11 Å². The second kappa shape index (κ2) is 7.75. The maximum absolute atomic E-state index is 12.2. The molecule has 2 aromatic carbocycles. The van der Waals surface area contributed by atoms with E-state index in [9.17, 15) is 4.79 Å². The average Bonchev–Trinajstić information content (AvgIpc) is 2.95. The molecule has 0 aliphatic carbocycles. The normalized spacial score (nSPS) is 10.6. The van der Waals surface area contributed by atoms with Crippen LogP contribution in [0.1, 0.15) is 5.56 Å². The zero-order chi connectivity index (χ0) is 17.6. The molecule has 25 heavy (non-hydrogen) atoms. The van der Waals surface area contributed by atoms with Gasteiger partial charge in [0.25, 0.3) is 0 Å². The summed E-state index contributed by atoms with van der Waals surface area (Å²) in [5.74, 6) is 1.54. The smallest absolute Gasteiger partial charge is 0.224 e. The molecule has 0 bridgehead atoms. The Morgan fingerprint density at radius 1 is 1.08 bits per heavy atom. The van der Waals surface area contributed by atoms with Crippen molar-refractivity contribution in [2.45, 2.75) is 6.42 Å². The summed E-state index contributed by atoms with van der Waals surface area (Å²) in [6.45, 7) is 0.892. The Kier molecular flexibility index (Phi) is 5.23. The highest BCUT2D eigenvalue weighted by Crippen LogP contribution is 2.20. The first-order valence-electron chi connectivity index (χ1n) is 8.24. The van der Waals surface area contributed by atoms with Gasteiger partial charge >= 0.3 is 0 Å². The van der Waals surface area contributed by atoms with Crippen LogP contribution in [0.5, 0.6) is 11.5 Å². The summed E-state index contributed by atoms with van der Waals surface area (Å²) in [5, 5.41) is 4.02. The molecule has 3 rings (SSSR count). The highest BCUT2D eigenvalue weighted by molar-refractivity contribution is 5.89. The van der Waals surface area contributed by atoms with Gasteiger partial charge in [-0.3, -0.25) is 4.79 Å². The van der Waals surface area contributed by atoms with Crippen LogP contribution in [0, 0.1) is 0 Å². The molecule has 1 aromatic heterocycles. The number of aromatic nitrogens is 1. The fraction of sp³-hybridized carbons (Fsp3) is 0.250. The summed E-state index contributed by atoms with van der Waals surface area (Å²) >= 11 is 0. The van der Waals surface area contributed by atoms with Gasteiger partial charge in [0.05, 0.1) is 20.1 Å². The number of para-hydroxylation sites is 1. The van der Waals surface area contributed by atoms with Crippen LogP contribution in [-0.2, 0) is 18.3 Å². The first-order chi connectivity index (χ1) is 12.2. The largest absolute Gasteiger partial charge is 0.497 e. The lowest BCUT2D eigenvalue weighted by atomic mass is 10.1. The van der Waals surface area contributed by atoms with Crippen LogP contribution >= 0.6 is 0 Å². The van der Waals surface area contributed by atoms with Crippen molar-refractivity contribution < 1.29 is 14.3 Å². The second-order valence-electron chi connectivity index (χ2n) is 5.83. The zero-order valence-corrected chi connectivity index (χ0v) is 14.5. The molecule has 5 nitrogen and oxygen atoms in total. The van der Waals surface area contributed by atoms with Gasteiger partial charge in [0.2, 0.25) is 5.91 Å². The van der Waals surface area contributed by atoms with Gasteiger partial charge in [-0.1, -0.05) is 18.2 Å². The lowest BCUT2D eigenvalue weighted by Crippen LogP contribution is -2.29. The lowest BCUT2D eigenvalue weighted by Gasteiger charge is -2.08. The van der Waals surface area contributed by atoms with E-state index in [1.165, 1.54) is 0 Å². The Hall–Kier alpha value is -2.95. The number of carbonyl (C=O) groups excluding carboxylic acids is 1. The number of nitrogens with zero attached hydrogens (tertiary/aromatic N) is 1. The fourth-order valence-corrected chi connectivity index (χ4v) is 2.83. The number of carbonyl (C=O) groups is 1. The van der Waals surface area contributed by atoms with Crippen LogP contribution in [0.15, 0.2) is 54.7 Å². The van der Waals surface area contributed by atoms with Crippen molar-refractivity contribution >= 4 is 16.8 Å². The molecule has 130 valence electrons. The zero-order valence-electron chi connectivity index (χ0n) is 14.5. The molecule has 0 saturated carbocycles. The number of amides is 1. The van der Waals surface area contributed by atoms with Crippen LogP contribution in [-0.4, -0.2) is 30.7 Å². The van der Waals surface area contributed by atoms with Crippen molar-refractivity contribution in [3.63, 3.8) is 0 Å². The maximum Gasteiger partial charge on any atom is 0.224 e.